The zero-order chi connectivity index (χ0) is 14.4. The third kappa shape index (κ3) is 4.07. The van der Waals surface area contributed by atoms with Gasteiger partial charge in [0.05, 0.1) is 13.5 Å². The van der Waals surface area contributed by atoms with E-state index in [-0.39, 0.29) is 5.97 Å². The van der Waals surface area contributed by atoms with Crippen LogP contribution < -0.4 is 5.32 Å². The fraction of sp³-hybridized carbons (Fsp3) is 0.588. The van der Waals surface area contributed by atoms with Crippen LogP contribution in [0.5, 0.6) is 0 Å². The maximum absolute atomic E-state index is 11.4. The van der Waals surface area contributed by atoms with Gasteiger partial charge in [0.2, 0.25) is 0 Å². The normalized spacial score (nSPS) is 17.1. The van der Waals surface area contributed by atoms with Gasteiger partial charge in [0.1, 0.15) is 0 Å². The molecule has 0 aromatic heterocycles. The highest BCUT2D eigenvalue weighted by molar-refractivity contribution is 5.72. The molecule has 1 atom stereocenters. The molecule has 1 aliphatic rings. The lowest BCUT2D eigenvalue weighted by molar-refractivity contribution is -0.139. The minimum Gasteiger partial charge on any atom is -0.469 e. The summed E-state index contributed by atoms with van der Waals surface area (Å²) in [6, 6.07) is 8.64. The zero-order valence-electron chi connectivity index (χ0n) is 12.5. The van der Waals surface area contributed by atoms with Crippen LogP contribution in [0.15, 0.2) is 24.3 Å². The molecule has 0 aliphatic heterocycles. The van der Waals surface area contributed by atoms with Crippen LogP contribution in [0.1, 0.15) is 43.7 Å². The second-order valence-electron chi connectivity index (χ2n) is 5.74. The summed E-state index contributed by atoms with van der Waals surface area (Å²) in [5.74, 6) is 0.629. The highest BCUT2D eigenvalue weighted by Gasteiger charge is 2.21. The van der Waals surface area contributed by atoms with Crippen LogP contribution in [0.25, 0.3) is 0 Å². The van der Waals surface area contributed by atoms with Crippen LogP contribution in [0, 0.1) is 5.92 Å². The van der Waals surface area contributed by atoms with Crippen molar-refractivity contribution in [1.82, 2.24) is 5.32 Å². The lowest BCUT2D eigenvalue weighted by Crippen LogP contribution is -2.32. The monoisotopic (exact) mass is 275 g/mol. The molecule has 110 valence electrons. The lowest BCUT2D eigenvalue weighted by Gasteiger charge is -2.21. The molecule has 1 unspecified atom stereocenters. The maximum atomic E-state index is 11.4. The van der Waals surface area contributed by atoms with Crippen molar-refractivity contribution in [2.24, 2.45) is 5.92 Å². The second kappa shape index (κ2) is 7.44. The number of hydrogen-bond acceptors (Lipinski definition) is 3. The van der Waals surface area contributed by atoms with Gasteiger partial charge in [-0.15, -0.1) is 0 Å². The van der Waals surface area contributed by atoms with E-state index in [9.17, 15) is 4.79 Å². The van der Waals surface area contributed by atoms with Crippen LogP contribution in [0.2, 0.25) is 0 Å². The van der Waals surface area contributed by atoms with Crippen LogP contribution in [0.4, 0.5) is 0 Å². The number of carbonyl (C=O) groups is 1. The largest absolute Gasteiger partial charge is 0.469 e. The van der Waals surface area contributed by atoms with E-state index in [1.807, 2.05) is 18.2 Å². The third-order valence-corrected chi connectivity index (χ3v) is 4.40. The van der Waals surface area contributed by atoms with Gasteiger partial charge in [0, 0.05) is 12.6 Å². The molecule has 1 saturated carbocycles. The summed E-state index contributed by atoms with van der Waals surface area (Å²) in [7, 11) is 1.44. The lowest BCUT2D eigenvalue weighted by atomic mass is 9.98. The van der Waals surface area contributed by atoms with Gasteiger partial charge in [-0.1, -0.05) is 37.1 Å². The second-order valence-corrected chi connectivity index (χ2v) is 5.74. The molecular formula is C17H25NO2. The summed E-state index contributed by atoms with van der Waals surface area (Å²) >= 11 is 0. The molecule has 1 N–H and O–H groups in total. The first kappa shape index (κ1) is 15.0. The van der Waals surface area contributed by atoms with Crippen molar-refractivity contribution in [3.63, 3.8) is 0 Å². The van der Waals surface area contributed by atoms with E-state index in [4.69, 9.17) is 4.74 Å². The van der Waals surface area contributed by atoms with Gasteiger partial charge in [0.25, 0.3) is 0 Å². The summed E-state index contributed by atoms with van der Waals surface area (Å²) in [6.07, 6.45) is 5.79. The Kier molecular flexibility index (Phi) is 5.60. The standard InChI is InChI=1S/C17H25NO2/c1-13(14-7-3-4-8-14)18-12-16-10-6-5-9-15(16)11-17(19)20-2/h5-6,9-10,13-14,18H,3-4,7-8,11-12H2,1-2H3. The molecule has 2 rings (SSSR count). The molecule has 0 saturated heterocycles. The molecule has 20 heavy (non-hydrogen) atoms. The van der Waals surface area contributed by atoms with E-state index in [2.05, 4.69) is 18.3 Å². The van der Waals surface area contributed by atoms with Gasteiger partial charge >= 0.3 is 5.97 Å². The van der Waals surface area contributed by atoms with E-state index in [1.165, 1.54) is 38.4 Å². The Hall–Kier alpha value is -1.35. The average molecular weight is 275 g/mol. The van der Waals surface area contributed by atoms with E-state index < -0.39 is 0 Å². The Morgan fingerprint density at radius 1 is 1.30 bits per heavy atom. The quantitative estimate of drug-likeness (QED) is 0.811. The summed E-state index contributed by atoms with van der Waals surface area (Å²) in [5, 5.41) is 3.62. The number of methoxy groups -OCH3 is 1. The van der Waals surface area contributed by atoms with Gasteiger partial charge in [-0.25, -0.2) is 0 Å². The number of hydrogen-bond donors (Lipinski definition) is 1. The molecule has 0 spiro atoms. The molecule has 1 aromatic carbocycles. The van der Waals surface area contributed by atoms with Gasteiger partial charge in [-0.05, 0) is 36.8 Å². The molecule has 3 nitrogen and oxygen atoms in total. The van der Waals surface area contributed by atoms with Gasteiger partial charge in [0.15, 0.2) is 0 Å². The molecular weight excluding hydrogens is 250 g/mol. The van der Waals surface area contributed by atoms with Crippen molar-refractivity contribution in [1.29, 1.82) is 0 Å². The smallest absolute Gasteiger partial charge is 0.309 e. The summed E-state index contributed by atoms with van der Waals surface area (Å²) in [4.78, 5) is 11.4. The first-order valence-corrected chi connectivity index (χ1v) is 7.57. The van der Waals surface area contributed by atoms with Crippen molar-refractivity contribution >= 4 is 5.97 Å². The number of esters is 1. The molecule has 1 fully saturated rings. The Morgan fingerprint density at radius 2 is 1.95 bits per heavy atom. The maximum Gasteiger partial charge on any atom is 0.309 e. The van der Waals surface area contributed by atoms with Crippen LogP contribution in [-0.4, -0.2) is 19.1 Å². The fourth-order valence-corrected chi connectivity index (χ4v) is 3.03. The molecule has 3 heteroatoms. The molecule has 0 heterocycles. The average Bonchev–Trinajstić information content (AvgIpc) is 3.00. The molecule has 0 radical (unpaired) electrons. The topological polar surface area (TPSA) is 38.3 Å². The number of rotatable bonds is 6. The van der Waals surface area contributed by atoms with Crippen molar-refractivity contribution in [2.75, 3.05) is 7.11 Å². The van der Waals surface area contributed by atoms with E-state index in [0.717, 1.165) is 18.0 Å². The molecule has 1 aliphatic carbocycles. The zero-order valence-corrected chi connectivity index (χ0v) is 12.5. The molecule has 0 amide bonds. The van der Waals surface area contributed by atoms with E-state index in [1.54, 1.807) is 0 Å². The van der Waals surface area contributed by atoms with E-state index >= 15 is 0 Å². The Labute approximate surface area is 121 Å². The number of ether oxygens (including phenoxy) is 1. The SMILES string of the molecule is COC(=O)Cc1ccccc1CNC(C)C1CCCC1. The molecule has 1 aromatic rings. The number of benzene rings is 1. The van der Waals surface area contributed by atoms with Gasteiger partial charge < -0.3 is 10.1 Å². The highest BCUT2D eigenvalue weighted by atomic mass is 16.5. The number of nitrogens with one attached hydrogen (secondary N) is 1. The fourth-order valence-electron chi connectivity index (χ4n) is 3.03. The molecule has 0 bridgehead atoms. The van der Waals surface area contributed by atoms with Crippen molar-refractivity contribution < 1.29 is 9.53 Å². The predicted octanol–water partition coefficient (Wildman–Crippen LogP) is 3.07. The minimum atomic E-state index is -0.179. The Morgan fingerprint density at radius 3 is 2.60 bits per heavy atom. The summed E-state index contributed by atoms with van der Waals surface area (Å²) in [5.41, 5.74) is 2.26. The van der Waals surface area contributed by atoms with Crippen LogP contribution in [-0.2, 0) is 22.5 Å². The van der Waals surface area contributed by atoms with Crippen molar-refractivity contribution in [3.8, 4) is 0 Å². The number of carbonyl (C=O) groups excluding carboxylic acids is 1. The first-order chi connectivity index (χ1) is 9.70. The first-order valence-electron chi connectivity index (χ1n) is 7.57. The third-order valence-electron chi connectivity index (χ3n) is 4.40. The summed E-state index contributed by atoms with van der Waals surface area (Å²) in [6.45, 7) is 3.10. The minimum absolute atomic E-state index is 0.179. The Bertz CT molecular complexity index is 438. The highest BCUT2D eigenvalue weighted by Crippen LogP contribution is 2.27. The summed E-state index contributed by atoms with van der Waals surface area (Å²) < 4.78 is 4.76. The van der Waals surface area contributed by atoms with Crippen molar-refractivity contribution in [3.05, 3.63) is 35.4 Å². The van der Waals surface area contributed by atoms with E-state index in [0.29, 0.717) is 12.5 Å². The predicted molar refractivity (Wildman–Crippen MR) is 80.4 cm³/mol. The van der Waals surface area contributed by atoms with Gasteiger partial charge in [-0.3, -0.25) is 4.79 Å². The van der Waals surface area contributed by atoms with Crippen molar-refractivity contribution in [2.45, 2.75) is 51.6 Å². The van der Waals surface area contributed by atoms with Gasteiger partial charge in [-0.2, -0.15) is 0 Å². The van der Waals surface area contributed by atoms with Crippen LogP contribution in [0.3, 0.4) is 0 Å². The van der Waals surface area contributed by atoms with Crippen LogP contribution >= 0.6 is 0 Å². The Balaban J connectivity index is 1.92.